The van der Waals surface area contributed by atoms with E-state index >= 15 is 0 Å². The monoisotopic (exact) mass is 381 g/mol. The van der Waals surface area contributed by atoms with Crippen molar-refractivity contribution in [3.8, 4) is 0 Å². The number of carboxylic acids is 1. The van der Waals surface area contributed by atoms with E-state index < -0.39 is 17.9 Å². The highest BCUT2D eigenvalue weighted by atomic mass is 127. The second-order valence-corrected chi connectivity index (χ2v) is 5.41. The van der Waals surface area contributed by atoms with Crippen molar-refractivity contribution in [3.05, 3.63) is 69.3 Å². The minimum Gasteiger partial charge on any atom is -0.479 e. The lowest BCUT2D eigenvalue weighted by Crippen LogP contribution is -2.33. The van der Waals surface area contributed by atoms with Crippen LogP contribution < -0.4 is 5.32 Å². The minimum atomic E-state index is -1.09. The van der Waals surface area contributed by atoms with Crippen molar-refractivity contribution in [2.24, 2.45) is 0 Å². The molecule has 20 heavy (non-hydrogen) atoms. The molecule has 1 atom stereocenters. The molecule has 2 rings (SSSR count). The van der Waals surface area contributed by atoms with E-state index in [4.69, 9.17) is 0 Å². The third kappa shape index (κ3) is 3.57. The molecule has 0 bridgehead atoms. The molecule has 0 fully saturated rings. The summed E-state index contributed by atoms with van der Waals surface area (Å²) < 4.78 is 1.01. The van der Waals surface area contributed by atoms with Crippen molar-refractivity contribution in [2.75, 3.05) is 0 Å². The molecule has 0 aromatic heterocycles. The fraction of sp³-hybridized carbons (Fsp3) is 0.0667. The molecule has 0 saturated heterocycles. The van der Waals surface area contributed by atoms with Gasteiger partial charge >= 0.3 is 5.97 Å². The van der Waals surface area contributed by atoms with Crippen molar-refractivity contribution < 1.29 is 14.7 Å². The molecule has 0 unspecified atom stereocenters. The van der Waals surface area contributed by atoms with Crippen molar-refractivity contribution in [2.45, 2.75) is 6.04 Å². The Labute approximate surface area is 130 Å². The number of hydrogen-bond donors (Lipinski definition) is 2. The Hall–Kier alpha value is -1.89. The molecule has 102 valence electrons. The Morgan fingerprint density at radius 3 is 2.15 bits per heavy atom. The molecule has 1 amide bonds. The van der Waals surface area contributed by atoms with Gasteiger partial charge in [-0.15, -0.1) is 0 Å². The fourth-order valence-electron chi connectivity index (χ4n) is 1.75. The van der Waals surface area contributed by atoms with Crippen LogP contribution in [0.15, 0.2) is 54.6 Å². The average molecular weight is 381 g/mol. The maximum Gasteiger partial charge on any atom is 0.330 e. The molecule has 0 spiro atoms. The third-order valence-corrected chi connectivity index (χ3v) is 3.48. The van der Waals surface area contributed by atoms with E-state index in [1.54, 1.807) is 54.6 Å². The summed E-state index contributed by atoms with van der Waals surface area (Å²) in [7, 11) is 0. The highest BCUT2D eigenvalue weighted by Crippen LogP contribution is 2.14. The summed E-state index contributed by atoms with van der Waals surface area (Å²) >= 11 is 2.14. The van der Waals surface area contributed by atoms with Crippen LogP contribution in [-0.4, -0.2) is 17.0 Å². The van der Waals surface area contributed by atoms with Crippen molar-refractivity contribution in [3.63, 3.8) is 0 Å². The Balaban J connectivity index is 2.19. The molecule has 2 aromatic carbocycles. The van der Waals surface area contributed by atoms with E-state index in [1.165, 1.54) is 0 Å². The SMILES string of the molecule is O=C(N[C@H](C(=O)O)c1ccccc1)c1ccc(I)cc1. The molecule has 2 aromatic rings. The number of amides is 1. The van der Waals surface area contributed by atoms with Gasteiger partial charge < -0.3 is 10.4 Å². The number of carbonyl (C=O) groups is 2. The molecule has 0 radical (unpaired) electrons. The maximum atomic E-state index is 12.1. The summed E-state index contributed by atoms with van der Waals surface area (Å²) in [6.45, 7) is 0. The molecule has 4 nitrogen and oxygen atoms in total. The van der Waals surface area contributed by atoms with Crippen molar-refractivity contribution >= 4 is 34.5 Å². The molecular weight excluding hydrogens is 369 g/mol. The van der Waals surface area contributed by atoms with Crippen LogP contribution in [0.25, 0.3) is 0 Å². The number of hydrogen-bond acceptors (Lipinski definition) is 2. The zero-order valence-electron chi connectivity index (χ0n) is 10.4. The second-order valence-electron chi connectivity index (χ2n) is 4.16. The van der Waals surface area contributed by atoms with E-state index in [9.17, 15) is 14.7 Å². The minimum absolute atomic E-state index is 0.405. The van der Waals surface area contributed by atoms with Crippen LogP contribution in [0, 0.1) is 3.57 Å². The Morgan fingerprint density at radius 2 is 1.60 bits per heavy atom. The zero-order chi connectivity index (χ0) is 14.5. The van der Waals surface area contributed by atoms with Gasteiger partial charge in [0.25, 0.3) is 5.91 Å². The van der Waals surface area contributed by atoms with Gasteiger partial charge in [0, 0.05) is 9.13 Å². The highest BCUT2D eigenvalue weighted by Gasteiger charge is 2.22. The highest BCUT2D eigenvalue weighted by molar-refractivity contribution is 14.1. The predicted molar refractivity (Wildman–Crippen MR) is 83.4 cm³/mol. The number of aliphatic carboxylic acids is 1. The van der Waals surface area contributed by atoms with Gasteiger partial charge in [-0.3, -0.25) is 4.79 Å². The number of rotatable bonds is 4. The van der Waals surface area contributed by atoms with E-state index in [-0.39, 0.29) is 0 Å². The quantitative estimate of drug-likeness (QED) is 0.801. The van der Waals surface area contributed by atoms with Gasteiger partial charge in [0.05, 0.1) is 0 Å². The number of benzene rings is 2. The van der Waals surface area contributed by atoms with Gasteiger partial charge in [0.2, 0.25) is 0 Å². The first-order valence-electron chi connectivity index (χ1n) is 5.92. The van der Waals surface area contributed by atoms with Gasteiger partial charge in [-0.25, -0.2) is 4.79 Å². The number of nitrogens with one attached hydrogen (secondary N) is 1. The summed E-state index contributed by atoms with van der Waals surface area (Å²) in [6.07, 6.45) is 0. The first-order valence-corrected chi connectivity index (χ1v) is 7.00. The summed E-state index contributed by atoms with van der Waals surface area (Å²) in [5, 5.41) is 11.8. The molecule has 2 N–H and O–H groups in total. The smallest absolute Gasteiger partial charge is 0.330 e. The molecule has 0 aliphatic rings. The Morgan fingerprint density at radius 1 is 1.00 bits per heavy atom. The van der Waals surface area contributed by atoms with Gasteiger partial charge in [-0.05, 0) is 52.4 Å². The molecule has 5 heteroatoms. The van der Waals surface area contributed by atoms with Gasteiger partial charge in [0.15, 0.2) is 6.04 Å². The lowest BCUT2D eigenvalue weighted by molar-refractivity contribution is -0.139. The predicted octanol–water partition coefficient (Wildman–Crippen LogP) is 2.85. The fourth-order valence-corrected chi connectivity index (χ4v) is 2.11. The van der Waals surface area contributed by atoms with Crippen molar-refractivity contribution in [1.82, 2.24) is 5.32 Å². The topological polar surface area (TPSA) is 66.4 Å². The Kier molecular flexibility index (Phi) is 4.73. The van der Waals surface area contributed by atoms with Crippen LogP contribution in [-0.2, 0) is 4.79 Å². The molecular formula is C15H12INO3. The number of halogens is 1. The van der Waals surface area contributed by atoms with Gasteiger partial charge in [-0.2, -0.15) is 0 Å². The number of carboxylic acid groups (broad SMARTS) is 1. The average Bonchev–Trinajstić information content (AvgIpc) is 2.46. The molecule has 0 heterocycles. The standard InChI is InChI=1S/C15H12INO3/c16-12-8-6-11(7-9-12)14(18)17-13(15(19)20)10-4-2-1-3-5-10/h1-9,13H,(H,17,18)(H,19,20)/t13-/m0/s1. The normalized spacial score (nSPS) is 11.7. The summed E-state index contributed by atoms with van der Waals surface area (Å²) in [6, 6.07) is 14.5. The number of carbonyl (C=O) groups excluding carboxylic acids is 1. The summed E-state index contributed by atoms with van der Waals surface area (Å²) in [4.78, 5) is 23.4. The first-order chi connectivity index (χ1) is 9.58. The third-order valence-electron chi connectivity index (χ3n) is 2.76. The molecule has 0 saturated carbocycles. The lowest BCUT2D eigenvalue weighted by Gasteiger charge is -2.14. The van der Waals surface area contributed by atoms with E-state index in [2.05, 4.69) is 27.9 Å². The van der Waals surface area contributed by atoms with Crippen LogP contribution in [0.2, 0.25) is 0 Å². The van der Waals surface area contributed by atoms with Crippen LogP contribution in [0.3, 0.4) is 0 Å². The van der Waals surface area contributed by atoms with Gasteiger partial charge in [-0.1, -0.05) is 30.3 Å². The Bertz CT molecular complexity index is 611. The van der Waals surface area contributed by atoms with E-state index in [0.29, 0.717) is 11.1 Å². The zero-order valence-corrected chi connectivity index (χ0v) is 12.6. The van der Waals surface area contributed by atoms with E-state index in [1.807, 2.05) is 0 Å². The summed E-state index contributed by atoms with van der Waals surface area (Å²) in [5.41, 5.74) is 0.978. The van der Waals surface area contributed by atoms with Crippen LogP contribution in [0.4, 0.5) is 0 Å². The van der Waals surface area contributed by atoms with Crippen LogP contribution in [0.1, 0.15) is 22.0 Å². The largest absolute Gasteiger partial charge is 0.479 e. The molecule has 0 aliphatic heterocycles. The van der Waals surface area contributed by atoms with Crippen LogP contribution in [0.5, 0.6) is 0 Å². The first kappa shape index (κ1) is 14.5. The summed E-state index contributed by atoms with van der Waals surface area (Å²) in [5.74, 6) is -1.49. The molecule has 0 aliphatic carbocycles. The van der Waals surface area contributed by atoms with Crippen LogP contribution >= 0.6 is 22.6 Å². The second kappa shape index (κ2) is 6.51. The van der Waals surface area contributed by atoms with Gasteiger partial charge in [0.1, 0.15) is 0 Å². The maximum absolute atomic E-state index is 12.1. The lowest BCUT2D eigenvalue weighted by atomic mass is 10.1. The van der Waals surface area contributed by atoms with Crippen molar-refractivity contribution in [1.29, 1.82) is 0 Å². The van der Waals surface area contributed by atoms with E-state index in [0.717, 1.165) is 3.57 Å².